The molecule has 0 aromatic rings. The summed E-state index contributed by atoms with van der Waals surface area (Å²) in [6.45, 7) is 13.3. The molecule has 4 heteroatoms. The van der Waals surface area contributed by atoms with Gasteiger partial charge in [0.2, 0.25) is 0 Å². The van der Waals surface area contributed by atoms with E-state index in [-0.39, 0.29) is 23.5 Å². The second kappa shape index (κ2) is 9.75. The Morgan fingerprint density at radius 3 is 2.14 bits per heavy atom. The molecule has 0 aliphatic rings. The first kappa shape index (κ1) is 20.8. The molecule has 0 heterocycles. The van der Waals surface area contributed by atoms with E-state index in [9.17, 15) is 4.79 Å². The van der Waals surface area contributed by atoms with E-state index in [0.717, 1.165) is 38.5 Å². The van der Waals surface area contributed by atoms with Crippen LogP contribution >= 0.6 is 0 Å². The largest absolute Gasteiger partial charge is 0.414 e. The van der Waals surface area contributed by atoms with E-state index >= 15 is 0 Å². The van der Waals surface area contributed by atoms with Gasteiger partial charge in [-0.15, -0.1) is 0 Å². The molecule has 0 aromatic carbocycles. The molecule has 1 N–H and O–H groups in total. The van der Waals surface area contributed by atoms with E-state index in [1.165, 1.54) is 0 Å². The molecule has 0 radical (unpaired) electrons. The molecule has 0 saturated carbocycles. The minimum Gasteiger partial charge on any atom is -0.414 e. The van der Waals surface area contributed by atoms with Crippen molar-refractivity contribution in [2.75, 3.05) is 6.61 Å². The van der Waals surface area contributed by atoms with Crippen LogP contribution in [0.3, 0.4) is 0 Å². The van der Waals surface area contributed by atoms with E-state index in [1.807, 2.05) is 0 Å². The molecule has 0 amide bonds. The number of ketones is 1. The lowest BCUT2D eigenvalue weighted by Crippen LogP contribution is -2.44. The van der Waals surface area contributed by atoms with Crippen molar-refractivity contribution in [1.82, 2.24) is 0 Å². The van der Waals surface area contributed by atoms with Crippen molar-refractivity contribution >= 4 is 14.1 Å². The quantitative estimate of drug-likeness (QED) is 0.444. The average Bonchev–Trinajstić information content (AvgIpc) is 2.32. The Morgan fingerprint density at radius 1 is 1.10 bits per heavy atom. The highest BCUT2D eigenvalue weighted by molar-refractivity contribution is 6.74. The molecule has 0 aliphatic heterocycles. The molecule has 0 aliphatic carbocycles. The van der Waals surface area contributed by atoms with Crippen LogP contribution in [0.4, 0.5) is 0 Å². The molecule has 0 rings (SSSR count). The van der Waals surface area contributed by atoms with E-state index in [1.54, 1.807) is 6.92 Å². The van der Waals surface area contributed by atoms with Gasteiger partial charge in [-0.3, -0.25) is 0 Å². The average molecular weight is 317 g/mol. The molecule has 0 bridgehead atoms. The SMILES string of the molecule is CC(=O)CCCC(CCCCCO)O[Si](C)(C)C(C)(C)C. The molecule has 0 aromatic heterocycles. The second-order valence-corrected chi connectivity index (χ2v) is 12.4. The molecule has 0 fully saturated rings. The number of Topliss-reactive ketones (excluding diaryl/α,β-unsaturated/α-hetero) is 1. The first-order valence-corrected chi connectivity index (χ1v) is 11.3. The number of carbonyl (C=O) groups excluding carboxylic acids is 1. The highest BCUT2D eigenvalue weighted by Crippen LogP contribution is 2.38. The topological polar surface area (TPSA) is 46.5 Å². The Balaban J connectivity index is 4.45. The minimum atomic E-state index is -1.75. The summed E-state index contributed by atoms with van der Waals surface area (Å²) >= 11 is 0. The Kier molecular flexibility index (Phi) is 9.66. The maximum Gasteiger partial charge on any atom is 0.192 e. The lowest BCUT2D eigenvalue weighted by atomic mass is 10.0. The Bertz CT molecular complexity index is 295. The van der Waals surface area contributed by atoms with Crippen LogP contribution in [0, 0.1) is 0 Å². The molecule has 0 saturated heterocycles. The smallest absolute Gasteiger partial charge is 0.192 e. The van der Waals surface area contributed by atoms with Gasteiger partial charge in [-0.25, -0.2) is 0 Å². The van der Waals surface area contributed by atoms with Crippen LogP contribution in [0.5, 0.6) is 0 Å². The van der Waals surface area contributed by atoms with Crippen LogP contribution in [0.25, 0.3) is 0 Å². The van der Waals surface area contributed by atoms with Crippen molar-refractivity contribution in [3.05, 3.63) is 0 Å². The third-order valence-electron chi connectivity index (χ3n) is 4.51. The fraction of sp³-hybridized carbons (Fsp3) is 0.941. The van der Waals surface area contributed by atoms with Gasteiger partial charge < -0.3 is 14.3 Å². The molecule has 3 nitrogen and oxygen atoms in total. The van der Waals surface area contributed by atoms with Crippen molar-refractivity contribution in [3.63, 3.8) is 0 Å². The van der Waals surface area contributed by atoms with E-state index < -0.39 is 8.32 Å². The van der Waals surface area contributed by atoms with Gasteiger partial charge in [-0.1, -0.05) is 33.6 Å². The number of rotatable bonds is 11. The number of unbranched alkanes of at least 4 members (excludes halogenated alkanes) is 2. The van der Waals surface area contributed by atoms with Gasteiger partial charge in [0.1, 0.15) is 5.78 Å². The molecule has 1 unspecified atom stereocenters. The Hall–Kier alpha value is -0.193. The lowest BCUT2D eigenvalue weighted by molar-refractivity contribution is -0.117. The van der Waals surface area contributed by atoms with Crippen molar-refractivity contribution in [2.24, 2.45) is 0 Å². The summed E-state index contributed by atoms with van der Waals surface area (Å²) in [5.41, 5.74) is 0. The summed E-state index contributed by atoms with van der Waals surface area (Å²) in [5, 5.41) is 9.08. The number of aliphatic hydroxyl groups is 1. The van der Waals surface area contributed by atoms with Crippen molar-refractivity contribution in [1.29, 1.82) is 0 Å². The molecule has 21 heavy (non-hydrogen) atoms. The zero-order valence-corrected chi connectivity index (χ0v) is 16.0. The van der Waals surface area contributed by atoms with Gasteiger partial charge in [0.05, 0.1) is 0 Å². The Labute approximate surface area is 132 Å². The van der Waals surface area contributed by atoms with E-state index in [4.69, 9.17) is 9.53 Å². The van der Waals surface area contributed by atoms with Gasteiger partial charge in [0.25, 0.3) is 0 Å². The summed E-state index contributed by atoms with van der Waals surface area (Å²) in [4.78, 5) is 11.1. The summed E-state index contributed by atoms with van der Waals surface area (Å²) in [5.74, 6) is 0.265. The number of carbonyl (C=O) groups is 1. The number of aliphatic hydroxyl groups excluding tert-OH is 1. The molecular formula is C17H36O3Si. The lowest BCUT2D eigenvalue weighted by Gasteiger charge is -2.39. The molecule has 126 valence electrons. The van der Waals surface area contributed by atoms with Crippen LogP contribution in [0.2, 0.25) is 18.1 Å². The van der Waals surface area contributed by atoms with E-state index in [0.29, 0.717) is 6.42 Å². The van der Waals surface area contributed by atoms with Crippen LogP contribution in [0.15, 0.2) is 0 Å². The standard InChI is InChI=1S/C17H36O3Si/c1-15(19)11-10-13-16(12-8-7-9-14-18)20-21(5,6)17(2,3)4/h16,18H,7-14H2,1-6H3. The molecule has 1 atom stereocenters. The predicted octanol–water partition coefficient (Wildman–Crippen LogP) is 4.69. The van der Waals surface area contributed by atoms with Crippen molar-refractivity contribution in [2.45, 2.75) is 96.9 Å². The first-order chi connectivity index (χ1) is 9.60. The van der Waals surface area contributed by atoms with Crippen LogP contribution in [-0.2, 0) is 9.22 Å². The summed E-state index contributed by atoms with van der Waals surface area (Å²) < 4.78 is 6.53. The summed E-state index contributed by atoms with van der Waals surface area (Å²) in [7, 11) is -1.75. The normalized spacial score (nSPS) is 14.2. The minimum absolute atomic E-state index is 0.219. The van der Waals surface area contributed by atoms with Gasteiger partial charge in [-0.2, -0.15) is 0 Å². The summed E-state index contributed by atoms with van der Waals surface area (Å²) in [6.07, 6.45) is 6.91. The maximum atomic E-state index is 11.1. The molecule has 0 spiro atoms. The highest BCUT2D eigenvalue weighted by atomic mass is 28.4. The number of hydrogen-bond acceptors (Lipinski definition) is 3. The van der Waals surface area contributed by atoms with Gasteiger partial charge >= 0.3 is 0 Å². The molecular weight excluding hydrogens is 280 g/mol. The van der Waals surface area contributed by atoms with Crippen molar-refractivity contribution in [3.8, 4) is 0 Å². The monoisotopic (exact) mass is 316 g/mol. The van der Waals surface area contributed by atoms with Gasteiger partial charge in [-0.05, 0) is 50.7 Å². The maximum absolute atomic E-state index is 11.1. The van der Waals surface area contributed by atoms with Crippen molar-refractivity contribution < 1.29 is 14.3 Å². The van der Waals surface area contributed by atoms with Gasteiger partial charge in [0.15, 0.2) is 8.32 Å². The van der Waals surface area contributed by atoms with Gasteiger partial charge in [0, 0.05) is 19.1 Å². The fourth-order valence-electron chi connectivity index (χ4n) is 2.09. The predicted molar refractivity (Wildman–Crippen MR) is 92.2 cm³/mol. The third-order valence-corrected chi connectivity index (χ3v) is 9.04. The summed E-state index contributed by atoms with van der Waals surface area (Å²) in [6, 6.07) is 0. The Morgan fingerprint density at radius 2 is 1.67 bits per heavy atom. The third kappa shape index (κ3) is 9.43. The van der Waals surface area contributed by atoms with Crippen LogP contribution in [0.1, 0.15) is 72.6 Å². The van der Waals surface area contributed by atoms with Crippen LogP contribution in [-0.4, -0.2) is 31.9 Å². The highest BCUT2D eigenvalue weighted by Gasteiger charge is 2.38. The van der Waals surface area contributed by atoms with E-state index in [2.05, 4.69) is 33.9 Å². The second-order valence-electron chi connectivity index (χ2n) is 7.67. The zero-order valence-electron chi connectivity index (χ0n) is 15.0. The zero-order chi connectivity index (χ0) is 16.5. The first-order valence-electron chi connectivity index (χ1n) is 8.38. The fourth-order valence-corrected chi connectivity index (χ4v) is 3.52. The van der Waals surface area contributed by atoms with Crippen LogP contribution < -0.4 is 0 Å². The number of hydrogen-bond donors (Lipinski definition) is 1.